The van der Waals surface area contributed by atoms with Crippen molar-refractivity contribution >= 4 is 16.8 Å². The van der Waals surface area contributed by atoms with Crippen LogP contribution in [0.15, 0.2) is 0 Å². The van der Waals surface area contributed by atoms with Gasteiger partial charge in [-0.05, 0) is 26.7 Å². The molecule has 2 N–H and O–H groups in total. The van der Waals surface area contributed by atoms with Crippen LogP contribution >= 0.6 is 0 Å². The largest absolute Gasteiger partial charge is 0.338 e. The molecule has 0 aromatic carbocycles. The van der Waals surface area contributed by atoms with Crippen LogP contribution in [0.25, 0.3) is 0 Å². The lowest BCUT2D eigenvalue weighted by Crippen LogP contribution is -2.39. The average Bonchev–Trinajstić information content (AvgIpc) is 2.14. The van der Waals surface area contributed by atoms with Gasteiger partial charge in [-0.1, -0.05) is 12.8 Å². The van der Waals surface area contributed by atoms with E-state index in [0.717, 1.165) is 31.4 Å². The predicted molar refractivity (Wildman–Crippen MR) is 69.1 cm³/mol. The molecule has 0 aliphatic carbocycles. The van der Waals surface area contributed by atoms with Crippen LogP contribution in [0.2, 0.25) is 0 Å². The molecule has 5 heteroatoms. The molecular weight excluding hydrogens is 224 g/mol. The van der Waals surface area contributed by atoms with Crippen molar-refractivity contribution in [1.82, 2.24) is 10.6 Å². The highest BCUT2D eigenvalue weighted by atomic mass is 32.2. The first-order chi connectivity index (χ1) is 7.52. The summed E-state index contributed by atoms with van der Waals surface area (Å²) in [6, 6.07) is 0.0872. The highest BCUT2D eigenvalue weighted by Crippen LogP contribution is 1.99. The Hall–Kier alpha value is -0.580. The lowest BCUT2D eigenvalue weighted by molar-refractivity contribution is 0.238. The Labute approximate surface area is 101 Å². The monoisotopic (exact) mass is 248 g/mol. The van der Waals surface area contributed by atoms with Gasteiger partial charge in [-0.15, -0.1) is 0 Å². The molecule has 0 fully saturated rings. The molecule has 0 spiro atoms. The molecule has 0 aliphatic rings. The van der Waals surface area contributed by atoms with Gasteiger partial charge in [-0.2, -0.15) is 0 Å². The van der Waals surface area contributed by atoms with Crippen molar-refractivity contribution in [3.8, 4) is 0 Å². The van der Waals surface area contributed by atoms with Crippen LogP contribution < -0.4 is 10.6 Å². The second kappa shape index (κ2) is 9.63. The summed E-state index contributed by atoms with van der Waals surface area (Å²) in [5, 5.41) is 5.57. The Balaban J connectivity index is 3.20. The van der Waals surface area contributed by atoms with Crippen molar-refractivity contribution < 1.29 is 9.00 Å². The van der Waals surface area contributed by atoms with Crippen molar-refractivity contribution in [3.63, 3.8) is 0 Å². The maximum atomic E-state index is 11.2. The Morgan fingerprint density at radius 2 is 1.81 bits per heavy atom. The average molecular weight is 248 g/mol. The number of nitrogens with one attached hydrogen (secondary N) is 2. The maximum absolute atomic E-state index is 11.2. The Bertz CT molecular complexity index is 220. The minimum Gasteiger partial charge on any atom is -0.338 e. The van der Waals surface area contributed by atoms with Crippen LogP contribution in [-0.4, -0.2) is 34.8 Å². The zero-order valence-electron chi connectivity index (χ0n) is 10.5. The van der Waals surface area contributed by atoms with Gasteiger partial charge >= 0.3 is 6.03 Å². The topological polar surface area (TPSA) is 58.2 Å². The van der Waals surface area contributed by atoms with Crippen LogP contribution in [0.4, 0.5) is 4.79 Å². The number of carbonyl (C=O) groups excluding carboxylic acids is 1. The smallest absolute Gasteiger partial charge is 0.314 e. The third-order valence-corrected chi connectivity index (χ3v) is 2.93. The first-order valence-corrected chi connectivity index (χ1v) is 7.59. The Morgan fingerprint density at radius 3 is 2.38 bits per heavy atom. The molecule has 4 nitrogen and oxygen atoms in total. The summed E-state index contributed by atoms with van der Waals surface area (Å²) < 4.78 is 10.8. The SMILES string of the molecule is CC(C)NC(=O)NCCCCCC[S@@](C)=O. The van der Waals surface area contributed by atoms with E-state index < -0.39 is 10.8 Å². The molecule has 0 unspecified atom stereocenters. The minimum atomic E-state index is -0.667. The third-order valence-electron chi connectivity index (χ3n) is 2.06. The van der Waals surface area contributed by atoms with E-state index in [1.165, 1.54) is 0 Å². The number of rotatable bonds is 8. The Kier molecular flexibility index (Phi) is 9.28. The fraction of sp³-hybridized carbons (Fsp3) is 0.909. The van der Waals surface area contributed by atoms with Gasteiger partial charge < -0.3 is 10.6 Å². The molecule has 0 saturated carbocycles. The van der Waals surface area contributed by atoms with Gasteiger partial charge in [0.2, 0.25) is 0 Å². The van der Waals surface area contributed by atoms with Gasteiger partial charge in [0, 0.05) is 35.4 Å². The zero-order valence-corrected chi connectivity index (χ0v) is 11.4. The van der Waals surface area contributed by atoms with Crippen molar-refractivity contribution in [2.24, 2.45) is 0 Å². The lowest BCUT2D eigenvalue weighted by atomic mass is 10.2. The fourth-order valence-corrected chi connectivity index (χ4v) is 1.91. The van der Waals surface area contributed by atoms with Crippen molar-refractivity contribution in [2.75, 3.05) is 18.6 Å². The van der Waals surface area contributed by atoms with E-state index in [1.54, 1.807) is 6.26 Å². The molecule has 1 atom stereocenters. The minimum absolute atomic E-state index is 0.0929. The van der Waals surface area contributed by atoms with Crippen LogP contribution in [0, 0.1) is 0 Å². The summed E-state index contributed by atoms with van der Waals surface area (Å²) in [6.07, 6.45) is 5.91. The van der Waals surface area contributed by atoms with E-state index in [0.29, 0.717) is 6.54 Å². The first kappa shape index (κ1) is 15.4. The standard InChI is InChI=1S/C11H24N2O2S/c1-10(2)13-11(14)12-8-6-4-5-7-9-16(3)15/h10H,4-9H2,1-3H3,(H2,12,13,14)/t16-/m1/s1. The van der Waals surface area contributed by atoms with Gasteiger partial charge in [-0.3, -0.25) is 4.21 Å². The fourth-order valence-electron chi connectivity index (χ4n) is 1.30. The van der Waals surface area contributed by atoms with Crippen molar-refractivity contribution in [1.29, 1.82) is 0 Å². The van der Waals surface area contributed by atoms with Crippen molar-refractivity contribution in [3.05, 3.63) is 0 Å². The number of unbranched alkanes of at least 4 members (excludes halogenated alkanes) is 3. The van der Waals surface area contributed by atoms with Crippen LogP contribution in [0.5, 0.6) is 0 Å². The summed E-state index contributed by atoms with van der Waals surface area (Å²) in [7, 11) is -0.667. The highest BCUT2D eigenvalue weighted by molar-refractivity contribution is 7.84. The van der Waals surface area contributed by atoms with Crippen molar-refractivity contribution in [2.45, 2.75) is 45.6 Å². The molecule has 0 saturated heterocycles. The summed E-state index contributed by atoms with van der Waals surface area (Å²) in [4.78, 5) is 11.2. The van der Waals surface area contributed by atoms with Crippen LogP contribution in [0.3, 0.4) is 0 Å². The molecule has 0 heterocycles. The molecular formula is C11H24N2O2S. The van der Waals surface area contributed by atoms with Crippen LogP contribution in [0.1, 0.15) is 39.5 Å². The van der Waals surface area contributed by atoms with E-state index in [9.17, 15) is 9.00 Å². The van der Waals surface area contributed by atoms with E-state index in [4.69, 9.17) is 0 Å². The summed E-state index contributed by atoms with van der Waals surface area (Å²) in [5.41, 5.74) is 0. The van der Waals surface area contributed by atoms with Gasteiger partial charge in [0.1, 0.15) is 0 Å². The number of amides is 2. The molecule has 0 aromatic rings. The van der Waals surface area contributed by atoms with Crippen LogP contribution in [-0.2, 0) is 10.8 Å². The quantitative estimate of drug-likeness (QED) is 0.641. The summed E-state index contributed by atoms with van der Waals surface area (Å²) >= 11 is 0. The van der Waals surface area contributed by atoms with Gasteiger partial charge in [-0.25, -0.2) is 4.79 Å². The number of carbonyl (C=O) groups is 1. The van der Waals surface area contributed by atoms with E-state index in [2.05, 4.69) is 10.6 Å². The summed E-state index contributed by atoms with van der Waals surface area (Å²) in [6.45, 7) is 4.59. The molecule has 0 aromatic heterocycles. The molecule has 2 amide bonds. The number of hydrogen-bond donors (Lipinski definition) is 2. The maximum Gasteiger partial charge on any atom is 0.314 e. The second-order valence-corrected chi connectivity index (χ2v) is 5.80. The molecule has 16 heavy (non-hydrogen) atoms. The molecule has 96 valence electrons. The molecule has 0 bridgehead atoms. The first-order valence-electron chi connectivity index (χ1n) is 5.86. The molecule has 0 radical (unpaired) electrons. The highest BCUT2D eigenvalue weighted by Gasteiger charge is 2.00. The molecule has 0 aliphatic heterocycles. The summed E-state index contributed by atoms with van der Waals surface area (Å²) in [5.74, 6) is 0.793. The number of hydrogen-bond acceptors (Lipinski definition) is 2. The van der Waals surface area contributed by atoms with E-state index >= 15 is 0 Å². The Morgan fingerprint density at radius 1 is 1.19 bits per heavy atom. The lowest BCUT2D eigenvalue weighted by Gasteiger charge is -2.09. The van der Waals surface area contributed by atoms with E-state index in [-0.39, 0.29) is 12.1 Å². The van der Waals surface area contributed by atoms with Gasteiger partial charge in [0.15, 0.2) is 0 Å². The zero-order chi connectivity index (χ0) is 12.4. The van der Waals surface area contributed by atoms with Gasteiger partial charge in [0.05, 0.1) is 0 Å². The second-order valence-electron chi connectivity index (χ2n) is 4.25. The van der Waals surface area contributed by atoms with E-state index in [1.807, 2.05) is 13.8 Å². The molecule has 0 rings (SSSR count). The number of urea groups is 1. The van der Waals surface area contributed by atoms with Gasteiger partial charge in [0.25, 0.3) is 0 Å². The third kappa shape index (κ3) is 11.5. The normalized spacial score (nSPS) is 12.5. The predicted octanol–water partition coefficient (Wildman–Crippen LogP) is 1.63.